The number of piperazine rings is 1. The van der Waals surface area contributed by atoms with Crippen LogP contribution in [-0.2, 0) is 32.7 Å². The SMILES string of the molecule is COc1ccc2[nH]c3c(c2c1)CCN[C@]31CS[C@@H]2c3c(OC(C)=O)c(C)c4c(c3[C@H](COC1=O)N1C2[C@@H]2NCC1(C)Cc1cc(C)c(OC)c(O)c12)OCO4. The summed E-state index contributed by atoms with van der Waals surface area (Å²) in [5.74, 6) is 2.32. The van der Waals surface area contributed by atoms with Gasteiger partial charge in [0, 0.05) is 70.5 Å². The standard InChI is InChI=1S/C41H44N4O9S/c1-18-11-21-13-40(4)15-42-30(27(21)32(47)33(18)50-6)31-37-29-28(36-35(52-17-53-36)19(2)34(29)54-20(3)46)26(45(31)40)14-51-39(48)41(16-55-37)38-23(9-10-43-41)24-12-22(49-5)7-8-25(24)44-38/h7-8,11-12,26,30-31,37,42-44,47H,9-10,13-17H2,1-6H3/t26-,30+,31?,37+,40?,41+/m0/s1. The van der Waals surface area contributed by atoms with E-state index in [4.69, 9.17) is 28.4 Å². The molecular formula is C41H44N4O9S. The number of hydrogen-bond acceptors (Lipinski definition) is 13. The molecule has 4 bridgehead atoms. The maximum Gasteiger partial charge on any atom is 0.333 e. The third-order valence-electron chi connectivity index (χ3n) is 12.8. The monoisotopic (exact) mass is 768 g/mol. The number of phenols is 1. The number of hydrogen-bond donors (Lipinski definition) is 4. The summed E-state index contributed by atoms with van der Waals surface area (Å²) in [7, 11) is 3.23. The van der Waals surface area contributed by atoms with E-state index < -0.39 is 28.3 Å². The number of ether oxygens (including phenoxy) is 6. The van der Waals surface area contributed by atoms with E-state index >= 15 is 0 Å². The predicted octanol–water partition coefficient (Wildman–Crippen LogP) is 4.92. The van der Waals surface area contributed by atoms with Gasteiger partial charge in [-0.2, -0.15) is 0 Å². The lowest BCUT2D eigenvalue weighted by Crippen LogP contribution is -2.69. The largest absolute Gasteiger partial charge is 0.504 e. The molecule has 4 aromatic rings. The minimum atomic E-state index is -1.22. The van der Waals surface area contributed by atoms with Crippen molar-refractivity contribution < 1.29 is 43.1 Å². The van der Waals surface area contributed by atoms with Crippen molar-refractivity contribution in [1.82, 2.24) is 20.5 Å². The number of carbonyl (C=O) groups is 2. The molecule has 13 nitrogen and oxygen atoms in total. The number of H-pyrrole nitrogens is 1. The first kappa shape index (κ1) is 34.8. The van der Waals surface area contributed by atoms with Crippen molar-refractivity contribution in [3.05, 3.63) is 68.9 Å². The van der Waals surface area contributed by atoms with E-state index in [9.17, 15) is 14.7 Å². The number of benzene rings is 3. The predicted molar refractivity (Wildman–Crippen MR) is 204 cm³/mol. The van der Waals surface area contributed by atoms with Gasteiger partial charge in [0.1, 0.15) is 18.1 Å². The molecule has 1 spiro atoms. The molecule has 55 heavy (non-hydrogen) atoms. The number of aromatic nitrogens is 1. The second-order valence-corrected chi connectivity index (χ2v) is 17.0. The average Bonchev–Trinajstić information content (AvgIpc) is 3.75. The lowest BCUT2D eigenvalue weighted by atomic mass is 9.76. The highest BCUT2D eigenvalue weighted by Crippen LogP contribution is 2.64. The van der Waals surface area contributed by atoms with Crippen molar-refractivity contribution in [2.45, 2.75) is 75.0 Å². The summed E-state index contributed by atoms with van der Waals surface area (Å²) in [6.07, 6.45) is 1.34. The number of aromatic amines is 1. The highest BCUT2D eigenvalue weighted by Gasteiger charge is 2.61. The van der Waals surface area contributed by atoms with Gasteiger partial charge < -0.3 is 43.8 Å². The van der Waals surface area contributed by atoms with Gasteiger partial charge in [-0.1, -0.05) is 6.07 Å². The summed E-state index contributed by atoms with van der Waals surface area (Å²) in [6, 6.07) is 6.85. The molecule has 3 unspecified atom stereocenters. The first-order valence-corrected chi connectivity index (χ1v) is 19.8. The Hall–Kier alpha value is -4.63. The summed E-state index contributed by atoms with van der Waals surface area (Å²) in [5, 5.41) is 20.1. The van der Waals surface area contributed by atoms with Crippen LogP contribution in [0.5, 0.6) is 34.5 Å². The minimum absolute atomic E-state index is 0.00209. The number of nitrogens with zero attached hydrogens (tertiary/aromatic N) is 1. The van der Waals surface area contributed by atoms with Crippen molar-refractivity contribution in [2.75, 3.05) is 46.5 Å². The average molecular weight is 769 g/mol. The Kier molecular flexibility index (Phi) is 7.72. The molecule has 7 atom stereocenters. The molecule has 14 heteroatoms. The molecule has 3 aromatic carbocycles. The van der Waals surface area contributed by atoms with Crippen LogP contribution in [0, 0.1) is 13.8 Å². The van der Waals surface area contributed by atoms with E-state index in [1.807, 2.05) is 32.0 Å². The van der Waals surface area contributed by atoms with Gasteiger partial charge in [0.15, 0.2) is 28.5 Å². The van der Waals surface area contributed by atoms with E-state index in [2.05, 4.69) is 33.5 Å². The van der Waals surface area contributed by atoms with Crippen molar-refractivity contribution in [1.29, 1.82) is 0 Å². The second-order valence-electron chi connectivity index (χ2n) is 15.8. The molecule has 0 amide bonds. The van der Waals surface area contributed by atoms with Crippen LogP contribution in [0.2, 0.25) is 0 Å². The van der Waals surface area contributed by atoms with Crippen LogP contribution in [0.1, 0.15) is 75.8 Å². The normalized spacial score (nSPS) is 29.9. The van der Waals surface area contributed by atoms with Crippen LogP contribution >= 0.6 is 11.8 Å². The summed E-state index contributed by atoms with van der Waals surface area (Å²) in [6.45, 7) is 8.66. The zero-order valence-corrected chi connectivity index (χ0v) is 32.5. The number of methoxy groups -OCH3 is 2. The minimum Gasteiger partial charge on any atom is -0.504 e. The van der Waals surface area contributed by atoms with Crippen molar-refractivity contribution in [2.24, 2.45) is 0 Å². The summed E-state index contributed by atoms with van der Waals surface area (Å²) < 4.78 is 36.5. The molecule has 2 fully saturated rings. The zero-order chi connectivity index (χ0) is 38.1. The molecule has 0 radical (unpaired) electrons. The topological polar surface area (TPSA) is 153 Å². The quantitative estimate of drug-likeness (QED) is 0.165. The number of thioether (sulfide) groups is 1. The van der Waals surface area contributed by atoms with E-state index in [0.717, 1.165) is 55.7 Å². The van der Waals surface area contributed by atoms with E-state index in [1.54, 1.807) is 26.0 Å². The van der Waals surface area contributed by atoms with Gasteiger partial charge in [-0.05, 0) is 68.5 Å². The molecule has 12 rings (SSSR count). The fraction of sp³-hybridized carbons (Fsp3) is 0.463. The number of rotatable bonds is 3. The molecule has 288 valence electrons. The smallest absolute Gasteiger partial charge is 0.333 e. The van der Waals surface area contributed by atoms with Crippen LogP contribution < -0.4 is 34.3 Å². The van der Waals surface area contributed by atoms with Crippen LogP contribution in [0.3, 0.4) is 0 Å². The molecule has 9 heterocycles. The van der Waals surface area contributed by atoms with Crippen molar-refractivity contribution in [3.63, 3.8) is 0 Å². The maximum atomic E-state index is 14.9. The molecule has 8 aliphatic heterocycles. The zero-order valence-electron chi connectivity index (χ0n) is 31.6. The summed E-state index contributed by atoms with van der Waals surface area (Å²) >= 11 is 1.62. The molecular weight excluding hydrogens is 725 g/mol. The van der Waals surface area contributed by atoms with Crippen LogP contribution in [0.4, 0.5) is 0 Å². The highest BCUT2D eigenvalue weighted by atomic mass is 32.2. The molecule has 0 saturated carbocycles. The van der Waals surface area contributed by atoms with Crippen LogP contribution in [0.15, 0.2) is 24.3 Å². The second kappa shape index (κ2) is 12.2. The maximum absolute atomic E-state index is 14.9. The number of fused-ring (bicyclic) bond motifs is 8. The number of phenolic OH excluding ortho intramolecular Hbond substituents is 1. The Morgan fingerprint density at radius 1 is 1.05 bits per heavy atom. The Labute approximate surface area is 322 Å². The molecule has 4 N–H and O–H groups in total. The van der Waals surface area contributed by atoms with Crippen LogP contribution in [0.25, 0.3) is 10.9 Å². The molecule has 8 aliphatic rings. The summed E-state index contributed by atoms with van der Waals surface area (Å²) in [5.41, 5.74) is 6.00. The van der Waals surface area contributed by atoms with Gasteiger partial charge in [0.25, 0.3) is 0 Å². The molecule has 2 saturated heterocycles. The van der Waals surface area contributed by atoms with Crippen molar-refractivity contribution >= 4 is 34.6 Å². The van der Waals surface area contributed by atoms with E-state index in [0.29, 0.717) is 54.5 Å². The first-order valence-electron chi connectivity index (χ1n) is 18.8. The molecule has 1 aromatic heterocycles. The molecule has 0 aliphatic carbocycles. The van der Waals surface area contributed by atoms with Gasteiger partial charge >= 0.3 is 11.9 Å². The lowest BCUT2D eigenvalue weighted by Gasteiger charge is -2.59. The third kappa shape index (κ3) is 4.71. The fourth-order valence-corrected chi connectivity index (χ4v) is 12.3. The lowest BCUT2D eigenvalue weighted by molar-refractivity contribution is -0.157. The first-order chi connectivity index (χ1) is 26.5. The van der Waals surface area contributed by atoms with Crippen LogP contribution in [-0.4, -0.2) is 85.0 Å². The fourth-order valence-electron chi connectivity index (χ4n) is 10.6. The van der Waals surface area contributed by atoms with Gasteiger partial charge in [0.2, 0.25) is 6.79 Å². The summed E-state index contributed by atoms with van der Waals surface area (Å²) in [4.78, 5) is 34.0. The van der Waals surface area contributed by atoms with Gasteiger partial charge in [0.05, 0.1) is 37.2 Å². The van der Waals surface area contributed by atoms with Crippen molar-refractivity contribution in [3.8, 4) is 34.5 Å². The van der Waals surface area contributed by atoms with E-state index in [1.165, 1.54) is 6.92 Å². The Morgan fingerprint density at radius 2 is 1.87 bits per heavy atom. The van der Waals surface area contributed by atoms with Gasteiger partial charge in [-0.15, -0.1) is 11.8 Å². The number of carbonyl (C=O) groups excluding carboxylic acids is 2. The third-order valence-corrected chi connectivity index (χ3v) is 14.2. The number of aryl methyl sites for hydroxylation is 1. The Morgan fingerprint density at radius 3 is 2.65 bits per heavy atom. The number of esters is 2. The van der Waals surface area contributed by atoms with Gasteiger partial charge in [-0.3, -0.25) is 15.0 Å². The Balaban J connectivity index is 1.23. The Bertz CT molecular complexity index is 2340. The van der Waals surface area contributed by atoms with E-state index in [-0.39, 0.29) is 43.0 Å². The highest BCUT2D eigenvalue weighted by molar-refractivity contribution is 7.99. The van der Waals surface area contributed by atoms with Gasteiger partial charge in [-0.25, -0.2) is 4.79 Å². The number of nitrogens with one attached hydrogen (secondary N) is 3. The number of aromatic hydroxyl groups is 1.